The van der Waals surface area contributed by atoms with E-state index in [0.29, 0.717) is 6.04 Å². The summed E-state index contributed by atoms with van der Waals surface area (Å²) in [5, 5.41) is 0.154. The lowest BCUT2D eigenvalue weighted by Gasteiger charge is -2.47. The average molecular weight is 442 g/mol. The van der Waals surface area contributed by atoms with Gasteiger partial charge in [-0.25, -0.2) is 0 Å². The van der Waals surface area contributed by atoms with E-state index in [4.69, 9.17) is 0 Å². The summed E-state index contributed by atoms with van der Waals surface area (Å²) < 4.78 is -0.521. The molecular weight excluding hydrogens is 410 g/mol. The van der Waals surface area contributed by atoms with Gasteiger partial charge in [0.2, 0.25) is 0 Å². The van der Waals surface area contributed by atoms with Crippen LogP contribution in [0.2, 0.25) is 0 Å². The second-order valence-corrected chi connectivity index (χ2v) is 10.6. The highest BCUT2D eigenvalue weighted by Gasteiger charge is 2.52. The van der Waals surface area contributed by atoms with Crippen molar-refractivity contribution in [2.24, 2.45) is 5.92 Å². The van der Waals surface area contributed by atoms with Gasteiger partial charge in [0.05, 0.1) is 10.8 Å². The van der Waals surface area contributed by atoms with Gasteiger partial charge in [0.15, 0.2) is 5.12 Å². The summed E-state index contributed by atoms with van der Waals surface area (Å²) in [6.07, 6.45) is 5.18. The summed E-state index contributed by atoms with van der Waals surface area (Å²) in [5.41, 5.74) is 3.69. The largest absolute Gasteiger partial charge is 0.291 e. The molecule has 0 unspecified atom stereocenters. The molecule has 0 bridgehead atoms. The number of likely N-dealkylation sites (tertiary alicyclic amines) is 1. The molecule has 0 amide bonds. The Morgan fingerprint density at radius 3 is 1.97 bits per heavy atom. The van der Waals surface area contributed by atoms with Crippen molar-refractivity contribution >= 4 is 16.9 Å². The summed E-state index contributed by atoms with van der Waals surface area (Å²) >= 11 is 1.50. The molecule has 1 aliphatic carbocycles. The van der Waals surface area contributed by atoms with E-state index >= 15 is 0 Å². The molecular formula is C29H31NOS. The summed E-state index contributed by atoms with van der Waals surface area (Å²) in [7, 11) is 0. The maximum atomic E-state index is 12.9. The molecule has 164 valence electrons. The Bertz CT molecular complexity index is 997. The van der Waals surface area contributed by atoms with E-state index in [2.05, 4.69) is 95.9 Å². The molecule has 2 aliphatic rings. The van der Waals surface area contributed by atoms with Crippen LogP contribution in [0.15, 0.2) is 91.0 Å². The smallest absolute Gasteiger partial charge is 0.187 e. The van der Waals surface area contributed by atoms with Crippen molar-refractivity contribution in [3.63, 3.8) is 0 Å². The van der Waals surface area contributed by atoms with Gasteiger partial charge in [0, 0.05) is 13.0 Å². The topological polar surface area (TPSA) is 20.3 Å². The Hall–Kier alpha value is -2.36. The minimum absolute atomic E-state index is 0.0792. The van der Waals surface area contributed by atoms with Gasteiger partial charge in [0.25, 0.3) is 0 Å². The van der Waals surface area contributed by atoms with E-state index in [0.717, 1.165) is 12.5 Å². The molecule has 1 saturated heterocycles. The summed E-state index contributed by atoms with van der Waals surface area (Å²) in [4.78, 5) is 15.7. The van der Waals surface area contributed by atoms with Crippen LogP contribution in [0, 0.1) is 5.92 Å². The molecule has 2 nitrogen and oxygen atoms in total. The predicted molar refractivity (Wildman–Crippen MR) is 134 cm³/mol. The van der Waals surface area contributed by atoms with Crippen molar-refractivity contribution in [2.75, 3.05) is 6.54 Å². The van der Waals surface area contributed by atoms with Gasteiger partial charge >= 0.3 is 0 Å². The van der Waals surface area contributed by atoms with Crippen molar-refractivity contribution in [3.05, 3.63) is 108 Å². The van der Waals surface area contributed by atoms with Crippen molar-refractivity contribution in [1.29, 1.82) is 0 Å². The van der Waals surface area contributed by atoms with E-state index in [1.165, 1.54) is 54.1 Å². The number of thioether (sulfide) groups is 1. The van der Waals surface area contributed by atoms with Crippen LogP contribution in [-0.2, 0) is 9.54 Å². The Morgan fingerprint density at radius 1 is 0.844 bits per heavy atom. The second-order valence-electron chi connectivity index (χ2n) is 9.16. The van der Waals surface area contributed by atoms with Gasteiger partial charge in [-0.2, -0.15) is 0 Å². The summed E-state index contributed by atoms with van der Waals surface area (Å²) in [6.45, 7) is 2.81. The van der Waals surface area contributed by atoms with E-state index in [9.17, 15) is 4.79 Å². The molecule has 3 aromatic rings. The fourth-order valence-electron chi connectivity index (χ4n) is 6.14. The summed E-state index contributed by atoms with van der Waals surface area (Å²) in [5.74, 6) is 0.785. The van der Waals surface area contributed by atoms with Crippen molar-refractivity contribution in [1.82, 2.24) is 4.90 Å². The zero-order valence-corrected chi connectivity index (χ0v) is 19.5. The molecule has 32 heavy (non-hydrogen) atoms. The average Bonchev–Trinajstić information content (AvgIpc) is 3.45. The van der Waals surface area contributed by atoms with Gasteiger partial charge < -0.3 is 0 Å². The van der Waals surface area contributed by atoms with E-state index in [1.54, 1.807) is 6.92 Å². The van der Waals surface area contributed by atoms with Crippen LogP contribution in [-0.4, -0.2) is 22.6 Å². The first-order valence-electron chi connectivity index (χ1n) is 11.8. The molecule has 3 atom stereocenters. The normalized spacial score (nSPS) is 21.9. The molecule has 3 heteroatoms. The molecule has 0 N–H and O–H groups in total. The standard InChI is InChI=1S/C29H31NOS/c1-22(31)32-29(25-15-7-3-8-16-25,26-17-9-4-10-18-26)28(24-12-5-2-6-13-24)30-21-20-23-14-11-19-27(23)30/h2-10,12-13,15-18,23,27-28H,11,14,19-21H2,1H3/t23-,27-,28-/m0/s1. The maximum absolute atomic E-state index is 12.9. The van der Waals surface area contributed by atoms with Crippen LogP contribution in [0.25, 0.3) is 0 Å². The van der Waals surface area contributed by atoms with Gasteiger partial charge in [-0.1, -0.05) is 109 Å². The Morgan fingerprint density at radius 2 is 1.41 bits per heavy atom. The number of hydrogen-bond acceptors (Lipinski definition) is 3. The number of rotatable bonds is 6. The van der Waals surface area contributed by atoms with Crippen LogP contribution in [0.1, 0.15) is 55.3 Å². The zero-order chi connectivity index (χ0) is 22.0. The first-order valence-corrected chi connectivity index (χ1v) is 12.6. The highest BCUT2D eigenvalue weighted by atomic mass is 32.2. The first kappa shape index (κ1) is 21.5. The number of carbonyl (C=O) groups is 1. The highest BCUT2D eigenvalue weighted by Crippen LogP contribution is 2.57. The molecule has 0 spiro atoms. The van der Waals surface area contributed by atoms with Crippen molar-refractivity contribution in [2.45, 2.75) is 49.4 Å². The third-order valence-electron chi connectivity index (χ3n) is 7.35. The van der Waals surface area contributed by atoms with Crippen LogP contribution in [0.5, 0.6) is 0 Å². The van der Waals surface area contributed by atoms with Gasteiger partial charge in [-0.05, 0) is 48.4 Å². The van der Waals surface area contributed by atoms with Crippen LogP contribution < -0.4 is 0 Å². The molecule has 1 heterocycles. The van der Waals surface area contributed by atoms with Gasteiger partial charge in [0.1, 0.15) is 0 Å². The molecule has 3 aromatic carbocycles. The van der Waals surface area contributed by atoms with Crippen LogP contribution in [0.4, 0.5) is 0 Å². The van der Waals surface area contributed by atoms with Crippen molar-refractivity contribution in [3.8, 4) is 0 Å². The summed E-state index contributed by atoms with van der Waals surface area (Å²) in [6, 6.07) is 33.0. The SMILES string of the molecule is CC(=O)SC(c1ccccc1)(c1ccccc1)[C@H](c1ccccc1)N1CC[C@@H]2CCC[C@@H]21. The first-order chi connectivity index (χ1) is 15.7. The van der Waals surface area contributed by atoms with Crippen molar-refractivity contribution < 1.29 is 4.79 Å². The minimum atomic E-state index is -0.521. The monoisotopic (exact) mass is 441 g/mol. The molecule has 1 saturated carbocycles. The second kappa shape index (κ2) is 9.25. The lowest BCUT2D eigenvalue weighted by atomic mass is 9.79. The molecule has 2 fully saturated rings. The third-order valence-corrected chi connectivity index (χ3v) is 8.65. The highest BCUT2D eigenvalue weighted by molar-refractivity contribution is 8.14. The predicted octanol–water partition coefficient (Wildman–Crippen LogP) is 6.83. The van der Waals surface area contributed by atoms with Crippen LogP contribution in [0.3, 0.4) is 0 Å². The van der Waals surface area contributed by atoms with Crippen LogP contribution >= 0.6 is 11.8 Å². The molecule has 5 rings (SSSR count). The lowest BCUT2D eigenvalue weighted by molar-refractivity contribution is -0.109. The number of benzene rings is 3. The third kappa shape index (κ3) is 3.82. The Kier molecular flexibility index (Phi) is 6.21. The van der Waals surface area contributed by atoms with Gasteiger partial charge in [-0.15, -0.1) is 0 Å². The lowest BCUT2D eigenvalue weighted by Crippen LogP contribution is -2.46. The van der Waals surface area contributed by atoms with E-state index in [1.807, 2.05) is 0 Å². The quantitative estimate of drug-likeness (QED) is 0.418. The fraction of sp³-hybridized carbons (Fsp3) is 0.345. The van der Waals surface area contributed by atoms with Gasteiger partial charge in [-0.3, -0.25) is 9.69 Å². The maximum Gasteiger partial charge on any atom is 0.187 e. The number of hydrogen-bond donors (Lipinski definition) is 0. The zero-order valence-electron chi connectivity index (χ0n) is 18.7. The van der Waals surface area contributed by atoms with E-state index in [-0.39, 0.29) is 11.2 Å². The molecule has 1 aliphatic heterocycles. The Balaban J connectivity index is 1.78. The number of fused-ring (bicyclic) bond motifs is 1. The fourth-order valence-corrected chi connectivity index (χ4v) is 7.49. The number of carbonyl (C=O) groups excluding carboxylic acids is 1. The number of nitrogens with zero attached hydrogens (tertiary/aromatic N) is 1. The molecule has 0 radical (unpaired) electrons. The molecule has 0 aromatic heterocycles. The Labute approximate surface area is 196 Å². The van der Waals surface area contributed by atoms with E-state index < -0.39 is 4.75 Å². The minimum Gasteiger partial charge on any atom is -0.291 e.